The fourth-order valence-corrected chi connectivity index (χ4v) is 2.02. The number of hydrogen-bond acceptors (Lipinski definition) is 3. The molecule has 0 aromatic rings. The third kappa shape index (κ3) is 14.7. The highest BCUT2D eigenvalue weighted by molar-refractivity contribution is 7.93. The van der Waals surface area contributed by atoms with E-state index in [-0.39, 0.29) is 0 Å². The van der Waals surface area contributed by atoms with Crippen molar-refractivity contribution >= 4 is 25.6 Å². The lowest BCUT2D eigenvalue weighted by atomic mass is 10.1. The van der Waals surface area contributed by atoms with Gasteiger partial charge in [-0.3, -0.25) is 0 Å². The van der Waals surface area contributed by atoms with Gasteiger partial charge in [0.1, 0.15) is 0 Å². The van der Waals surface area contributed by atoms with Crippen molar-refractivity contribution in [3.05, 3.63) is 0 Å². The molecule has 0 atom stereocenters. The second kappa shape index (κ2) is 12.7. The first-order valence-electron chi connectivity index (χ1n) is 6.42. The van der Waals surface area contributed by atoms with Gasteiger partial charge in [-0.05, 0) is 6.42 Å². The zero-order valence-electron chi connectivity index (χ0n) is 10.1. The van der Waals surface area contributed by atoms with E-state index < -0.39 is 0 Å². The lowest BCUT2D eigenvalue weighted by Crippen LogP contribution is -1.99. The molecular formula is C12H27NS2. The first kappa shape index (κ1) is 15.7. The van der Waals surface area contributed by atoms with Crippen molar-refractivity contribution in [2.24, 2.45) is 0 Å². The molecule has 0 aromatic carbocycles. The summed E-state index contributed by atoms with van der Waals surface area (Å²) in [6, 6.07) is 0. The Kier molecular flexibility index (Phi) is 13.3. The van der Waals surface area contributed by atoms with Crippen LogP contribution in [-0.4, -0.2) is 10.3 Å². The summed E-state index contributed by atoms with van der Waals surface area (Å²) >= 11 is 8.17. The average molecular weight is 249 g/mol. The summed E-state index contributed by atoms with van der Waals surface area (Å²) in [6.45, 7) is 3.26. The maximum Gasteiger partial charge on any atom is 0.0197 e. The van der Waals surface area contributed by atoms with E-state index >= 15 is 0 Å². The summed E-state index contributed by atoms with van der Waals surface area (Å²) < 4.78 is 1.67. The Balaban J connectivity index is 2.87. The predicted molar refractivity (Wildman–Crippen MR) is 76.5 cm³/mol. The molecule has 0 spiro atoms. The molecular weight excluding hydrogens is 222 g/mol. The van der Waals surface area contributed by atoms with E-state index in [1.54, 1.807) is 3.71 Å². The molecule has 0 N–H and O–H groups in total. The lowest BCUT2D eigenvalue weighted by molar-refractivity contribution is 0.545. The second-order valence-corrected chi connectivity index (χ2v) is 5.56. The quantitative estimate of drug-likeness (QED) is 0.389. The summed E-state index contributed by atoms with van der Waals surface area (Å²) in [4.78, 5) is 0. The largest absolute Gasteiger partial charge is 0.200 e. The third-order valence-electron chi connectivity index (χ3n) is 2.71. The first-order valence-corrected chi connectivity index (χ1v) is 7.22. The van der Waals surface area contributed by atoms with Gasteiger partial charge >= 0.3 is 0 Å². The molecule has 0 rings (SSSR count). The van der Waals surface area contributed by atoms with Crippen LogP contribution in [0.2, 0.25) is 0 Å². The maximum absolute atomic E-state index is 4.09. The van der Waals surface area contributed by atoms with Gasteiger partial charge in [0, 0.05) is 6.54 Å². The first-order chi connectivity index (χ1) is 7.27. The minimum absolute atomic E-state index is 0.989. The van der Waals surface area contributed by atoms with Gasteiger partial charge in [0.2, 0.25) is 0 Å². The number of nitrogens with zero attached hydrogens (tertiary/aromatic N) is 1. The van der Waals surface area contributed by atoms with Crippen LogP contribution < -0.4 is 0 Å². The molecule has 15 heavy (non-hydrogen) atoms. The molecule has 0 amide bonds. The van der Waals surface area contributed by atoms with E-state index in [4.69, 9.17) is 0 Å². The highest BCUT2D eigenvalue weighted by Crippen LogP contribution is 2.11. The summed E-state index contributed by atoms with van der Waals surface area (Å²) in [5.74, 6) is 0. The lowest BCUT2D eigenvalue weighted by Gasteiger charge is -2.06. The molecule has 3 heteroatoms. The monoisotopic (exact) mass is 249 g/mol. The van der Waals surface area contributed by atoms with Gasteiger partial charge in [-0.15, -0.1) is 0 Å². The predicted octanol–water partition coefficient (Wildman–Crippen LogP) is 4.90. The Hall–Kier alpha value is 0.660. The minimum Gasteiger partial charge on any atom is -0.200 e. The van der Waals surface area contributed by atoms with Crippen molar-refractivity contribution < 1.29 is 0 Å². The second-order valence-electron chi connectivity index (χ2n) is 4.28. The molecule has 1 nitrogen and oxygen atoms in total. The van der Waals surface area contributed by atoms with Crippen LogP contribution in [-0.2, 0) is 0 Å². The molecule has 0 aliphatic heterocycles. The van der Waals surface area contributed by atoms with Gasteiger partial charge in [-0.25, -0.2) is 3.71 Å². The van der Waals surface area contributed by atoms with Crippen molar-refractivity contribution in [2.45, 2.75) is 71.1 Å². The summed E-state index contributed by atoms with van der Waals surface area (Å²) in [6.07, 6.45) is 13.8. The molecule has 0 unspecified atom stereocenters. The number of unbranched alkanes of at least 4 members (excludes halogenated alkanes) is 9. The fourth-order valence-electron chi connectivity index (χ4n) is 1.74. The van der Waals surface area contributed by atoms with Crippen LogP contribution in [0.5, 0.6) is 0 Å². The van der Waals surface area contributed by atoms with Gasteiger partial charge < -0.3 is 0 Å². The molecule has 0 bridgehead atoms. The Bertz CT molecular complexity index is 118. The van der Waals surface area contributed by atoms with Crippen LogP contribution in [0.4, 0.5) is 0 Å². The molecule has 0 aliphatic rings. The Morgan fingerprint density at radius 2 is 1.07 bits per heavy atom. The highest BCUT2D eigenvalue weighted by atomic mass is 32.2. The molecule has 0 aromatic heterocycles. The SMILES string of the molecule is CCCCCCCCCCCCN(S)S. The van der Waals surface area contributed by atoms with E-state index in [0.29, 0.717) is 0 Å². The topological polar surface area (TPSA) is 3.24 Å². The van der Waals surface area contributed by atoms with Crippen LogP contribution in [0.3, 0.4) is 0 Å². The number of rotatable bonds is 11. The highest BCUT2D eigenvalue weighted by Gasteiger charge is 1.94. The maximum atomic E-state index is 4.09. The van der Waals surface area contributed by atoms with Crippen molar-refractivity contribution in [3.8, 4) is 0 Å². The summed E-state index contributed by atoms with van der Waals surface area (Å²) in [5.41, 5.74) is 0. The van der Waals surface area contributed by atoms with Gasteiger partial charge in [0.25, 0.3) is 0 Å². The minimum atomic E-state index is 0.989. The van der Waals surface area contributed by atoms with E-state index in [1.807, 2.05) is 0 Å². The van der Waals surface area contributed by atoms with Crippen molar-refractivity contribution in [2.75, 3.05) is 6.54 Å². The standard InChI is InChI=1S/C12H27NS2/c1-2-3-4-5-6-7-8-9-10-11-12-13(14)15/h14-15H,2-12H2,1H3. The van der Waals surface area contributed by atoms with Gasteiger partial charge in [0.05, 0.1) is 0 Å². The third-order valence-corrected chi connectivity index (χ3v) is 3.11. The van der Waals surface area contributed by atoms with Crippen LogP contribution in [0.1, 0.15) is 71.1 Å². The average Bonchev–Trinajstić information content (AvgIpc) is 2.20. The van der Waals surface area contributed by atoms with E-state index in [0.717, 1.165) is 6.54 Å². The zero-order valence-corrected chi connectivity index (χ0v) is 11.9. The summed E-state index contributed by atoms with van der Waals surface area (Å²) in [7, 11) is 0. The summed E-state index contributed by atoms with van der Waals surface area (Å²) in [5, 5.41) is 0. The normalized spacial score (nSPS) is 11.2. The van der Waals surface area contributed by atoms with Gasteiger partial charge in [-0.1, -0.05) is 90.3 Å². The molecule has 0 aliphatic carbocycles. The van der Waals surface area contributed by atoms with E-state index in [9.17, 15) is 0 Å². The molecule has 0 radical (unpaired) electrons. The van der Waals surface area contributed by atoms with Crippen molar-refractivity contribution in [1.29, 1.82) is 0 Å². The van der Waals surface area contributed by atoms with E-state index in [1.165, 1.54) is 64.2 Å². The van der Waals surface area contributed by atoms with Crippen molar-refractivity contribution in [3.63, 3.8) is 0 Å². The smallest absolute Gasteiger partial charge is 0.0197 e. The van der Waals surface area contributed by atoms with Gasteiger partial charge in [0.15, 0.2) is 0 Å². The zero-order chi connectivity index (χ0) is 11.4. The van der Waals surface area contributed by atoms with E-state index in [2.05, 4.69) is 32.6 Å². The van der Waals surface area contributed by atoms with Crippen LogP contribution >= 0.6 is 25.6 Å². The fraction of sp³-hybridized carbons (Fsp3) is 1.00. The molecule has 0 saturated heterocycles. The van der Waals surface area contributed by atoms with Crippen LogP contribution in [0.15, 0.2) is 0 Å². The van der Waals surface area contributed by atoms with Crippen molar-refractivity contribution in [1.82, 2.24) is 3.71 Å². The Morgan fingerprint density at radius 1 is 0.667 bits per heavy atom. The van der Waals surface area contributed by atoms with Crippen LogP contribution in [0, 0.1) is 0 Å². The molecule has 0 saturated carbocycles. The van der Waals surface area contributed by atoms with Crippen LogP contribution in [0.25, 0.3) is 0 Å². The molecule has 0 fully saturated rings. The Morgan fingerprint density at radius 3 is 1.47 bits per heavy atom. The molecule has 0 heterocycles. The van der Waals surface area contributed by atoms with Gasteiger partial charge in [-0.2, -0.15) is 0 Å². The Labute approximate surface area is 107 Å². The number of hydrogen-bond donors (Lipinski definition) is 2. The molecule has 92 valence electrons. The number of thiol groups is 2.